The Morgan fingerprint density at radius 1 is 1.12 bits per heavy atom. The topological polar surface area (TPSA) is 29.1 Å². The van der Waals surface area contributed by atoms with E-state index < -0.39 is 0 Å². The van der Waals surface area contributed by atoms with Crippen molar-refractivity contribution < 1.29 is 4.79 Å². The van der Waals surface area contributed by atoms with Crippen LogP contribution in [0.2, 0.25) is 0 Å². The zero-order valence-electron chi connectivity index (χ0n) is 10.3. The van der Waals surface area contributed by atoms with E-state index in [1.54, 1.807) is 0 Å². The molecule has 1 aromatic rings. The average Bonchev–Trinajstić information content (AvgIpc) is 2.38. The molecule has 0 aromatic heterocycles. The van der Waals surface area contributed by atoms with Gasteiger partial charge >= 0.3 is 0 Å². The van der Waals surface area contributed by atoms with E-state index in [1.807, 2.05) is 6.07 Å². The minimum Gasteiger partial charge on any atom is -0.313 e. The molecule has 0 radical (unpaired) electrons. The fraction of sp³-hybridized carbons (Fsp3) is 0.533. The number of carbonyl (C=O) groups is 1. The Morgan fingerprint density at radius 2 is 1.82 bits per heavy atom. The Bertz CT molecular complexity index is 337. The van der Waals surface area contributed by atoms with Crippen LogP contribution < -0.4 is 5.32 Å². The number of Topliss-reactive ketones (excluding diaryl/α,β-unsaturated/α-hetero) is 1. The van der Waals surface area contributed by atoms with Gasteiger partial charge in [0.15, 0.2) is 0 Å². The molecule has 0 heterocycles. The molecule has 1 fully saturated rings. The predicted molar refractivity (Wildman–Crippen MR) is 69.7 cm³/mol. The van der Waals surface area contributed by atoms with Crippen molar-refractivity contribution in [3.63, 3.8) is 0 Å². The zero-order chi connectivity index (χ0) is 11.9. The Hall–Kier alpha value is -1.15. The molecule has 0 amide bonds. The second-order valence-corrected chi connectivity index (χ2v) is 4.93. The van der Waals surface area contributed by atoms with Gasteiger partial charge in [0.05, 0.1) is 0 Å². The first kappa shape index (κ1) is 12.3. The van der Waals surface area contributed by atoms with Crippen molar-refractivity contribution in [2.24, 2.45) is 5.92 Å². The van der Waals surface area contributed by atoms with Gasteiger partial charge in [-0.2, -0.15) is 0 Å². The van der Waals surface area contributed by atoms with Gasteiger partial charge in [-0.1, -0.05) is 30.3 Å². The highest BCUT2D eigenvalue weighted by Gasteiger charge is 2.17. The summed E-state index contributed by atoms with van der Waals surface area (Å²) in [5, 5.41) is 3.48. The molecule has 2 rings (SSSR count). The van der Waals surface area contributed by atoms with Crippen LogP contribution in [0, 0.1) is 5.92 Å². The zero-order valence-corrected chi connectivity index (χ0v) is 10.3. The van der Waals surface area contributed by atoms with Gasteiger partial charge in [0, 0.05) is 19.4 Å². The van der Waals surface area contributed by atoms with Gasteiger partial charge in [-0.15, -0.1) is 0 Å². The molecule has 1 aliphatic rings. The van der Waals surface area contributed by atoms with Gasteiger partial charge in [-0.3, -0.25) is 4.79 Å². The van der Waals surface area contributed by atoms with E-state index in [1.165, 1.54) is 12.0 Å². The first-order chi connectivity index (χ1) is 8.34. The lowest BCUT2D eigenvalue weighted by atomic mass is 9.86. The maximum absolute atomic E-state index is 11.1. The maximum atomic E-state index is 11.1. The third-order valence-corrected chi connectivity index (χ3v) is 3.56. The SMILES string of the molecule is O=C1CCC(CCNCc2ccccc2)CC1. The smallest absolute Gasteiger partial charge is 0.132 e. The second kappa shape index (κ2) is 6.55. The van der Waals surface area contributed by atoms with Crippen molar-refractivity contribution in [3.8, 4) is 0 Å². The molecule has 2 heteroatoms. The van der Waals surface area contributed by atoms with Gasteiger partial charge in [0.1, 0.15) is 5.78 Å². The number of nitrogens with one attached hydrogen (secondary N) is 1. The number of carbonyl (C=O) groups excluding carboxylic acids is 1. The molecular weight excluding hydrogens is 210 g/mol. The molecule has 0 spiro atoms. The molecule has 2 nitrogen and oxygen atoms in total. The lowest BCUT2D eigenvalue weighted by Gasteiger charge is -2.20. The van der Waals surface area contributed by atoms with E-state index >= 15 is 0 Å². The molecule has 17 heavy (non-hydrogen) atoms. The van der Waals surface area contributed by atoms with Crippen LogP contribution >= 0.6 is 0 Å². The standard InChI is InChI=1S/C15H21NO/c17-15-8-6-13(7-9-15)10-11-16-12-14-4-2-1-3-5-14/h1-5,13,16H,6-12H2. The molecule has 0 unspecified atom stereocenters. The molecule has 0 bridgehead atoms. The summed E-state index contributed by atoms with van der Waals surface area (Å²) in [6.45, 7) is 2.01. The summed E-state index contributed by atoms with van der Waals surface area (Å²) in [7, 11) is 0. The van der Waals surface area contributed by atoms with Gasteiger partial charge in [0.2, 0.25) is 0 Å². The molecule has 1 saturated carbocycles. The summed E-state index contributed by atoms with van der Waals surface area (Å²) in [6.07, 6.45) is 5.03. The summed E-state index contributed by atoms with van der Waals surface area (Å²) in [6, 6.07) is 10.5. The molecule has 1 aliphatic carbocycles. The fourth-order valence-electron chi connectivity index (χ4n) is 2.42. The summed E-state index contributed by atoms with van der Waals surface area (Å²) < 4.78 is 0. The Morgan fingerprint density at radius 3 is 2.53 bits per heavy atom. The van der Waals surface area contributed by atoms with Crippen molar-refractivity contribution in [1.82, 2.24) is 5.32 Å². The monoisotopic (exact) mass is 231 g/mol. The normalized spacial score (nSPS) is 17.3. The predicted octanol–water partition coefficient (Wildman–Crippen LogP) is 2.93. The highest BCUT2D eigenvalue weighted by Crippen LogP contribution is 2.23. The van der Waals surface area contributed by atoms with Crippen molar-refractivity contribution in [1.29, 1.82) is 0 Å². The van der Waals surface area contributed by atoms with Crippen LogP contribution in [-0.4, -0.2) is 12.3 Å². The number of rotatable bonds is 5. The van der Waals surface area contributed by atoms with E-state index in [4.69, 9.17) is 0 Å². The summed E-state index contributed by atoms with van der Waals surface area (Å²) in [5.41, 5.74) is 1.34. The molecule has 0 aliphatic heterocycles. The number of benzene rings is 1. The molecule has 92 valence electrons. The van der Waals surface area contributed by atoms with Crippen molar-refractivity contribution in [2.45, 2.75) is 38.6 Å². The maximum Gasteiger partial charge on any atom is 0.132 e. The first-order valence-corrected chi connectivity index (χ1v) is 6.61. The van der Waals surface area contributed by atoms with Crippen molar-refractivity contribution in [3.05, 3.63) is 35.9 Å². The number of hydrogen-bond acceptors (Lipinski definition) is 2. The quantitative estimate of drug-likeness (QED) is 0.789. The second-order valence-electron chi connectivity index (χ2n) is 4.93. The Labute approximate surface area is 103 Å². The molecule has 1 aromatic carbocycles. The molecule has 0 saturated heterocycles. The van der Waals surface area contributed by atoms with Gasteiger partial charge < -0.3 is 5.32 Å². The fourth-order valence-corrected chi connectivity index (χ4v) is 2.42. The molecule has 0 atom stereocenters. The van der Waals surface area contributed by atoms with Crippen molar-refractivity contribution >= 4 is 5.78 Å². The average molecular weight is 231 g/mol. The van der Waals surface area contributed by atoms with E-state index in [2.05, 4.69) is 29.6 Å². The van der Waals surface area contributed by atoms with E-state index in [0.29, 0.717) is 5.78 Å². The van der Waals surface area contributed by atoms with Crippen LogP contribution in [0.25, 0.3) is 0 Å². The molecule has 1 N–H and O–H groups in total. The van der Waals surface area contributed by atoms with E-state index in [0.717, 1.165) is 44.7 Å². The third-order valence-electron chi connectivity index (χ3n) is 3.56. The van der Waals surface area contributed by atoms with E-state index in [9.17, 15) is 4.79 Å². The summed E-state index contributed by atoms with van der Waals surface area (Å²) in [4.78, 5) is 11.1. The minimum absolute atomic E-state index is 0.457. The van der Waals surface area contributed by atoms with Gasteiger partial charge in [-0.05, 0) is 37.3 Å². The Kier molecular flexibility index (Phi) is 4.75. The number of hydrogen-bond donors (Lipinski definition) is 1. The van der Waals surface area contributed by atoms with Crippen LogP contribution in [0.3, 0.4) is 0 Å². The third kappa shape index (κ3) is 4.31. The van der Waals surface area contributed by atoms with Crippen molar-refractivity contribution in [2.75, 3.05) is 6.54 Å². The highest BCUT2D eigenvalue weighted by molar-refractivity contribution is 5.78. The van der Waals surface area contributed by atoms with Crippen LogP contribution in [0.5, 0.6) is 0 Å². The number of ketones is 1. The lowest BCUT2D eigenvalue weighted by Crippen LogP contribution is -2.21. The first-order valence-electron chi connectivity index (χ1n) is 6.61. The van der Waals surface area contributed by atoms with Crippen LogP contribution in [-0.2, 0) is 11.3 Å². The van der Waals surface area contributed by atoms with Gasteiger partial charge in [-0.25, -0.2) is 0 Å². The van der Waals surface area contributed by atoms with Crippen LogP contribution in [0.4, 0.5) is 0 Å². The lowest BCUT2D eigenvalue weighted by molar-refractivity contribution is -0.121. The minimum atomic E-state index is 0.457. The summed E-state index contributed by atoms with van der Waals surface area (Å²) >= 11 is 0. The molecular formula is C15H21NO. The highest BCUT2D eigenvalue weighted by atomic mass is 16.1. The summed E-state index contributed by atoms with van der Waals surface area (Å²) in [5.74, 6) is 1.22. The largest absolute Gasteiger partial charge is 0.313 e. The van der Waals surface area contributed by atoms with Gasteiger partial charge in [0.25, 0.3) is 0 Å². The van der Waals surface area contributed by atoms with E-state index in [-0.39, 0.29) is 0 Å². The van der Waals surface area contributed by atoms with Crippen LogP contribution in [0.1, 0.15) is 37.7 Å². The Balaban J connectivity index is 1.59. The van der Waals surface area contributed by atoms with Crippen LogP contribution in [0.15, 0.2) is 30.3 Å².